The maximum absolute atomic E-state index is 11.8. The third kappa shape index (κ3) is 2.67. The number of nitrogens with zero attached hydrogens (tertiary/aromatic N) is 1. The van der Waals surface area contributed by atoms with Crippen molar-refractivity contribution in [3.05, 3.63) is 59.0 Å². The number of anilines is 3. The predicted molar refractivity (Wildman–Crippen MR) is 99.1 cm³/mol. The summed E-state index contributed by atoms with van der Waals surface area (Å²) in [7, 11) is 0. The van der Waals surface area contributed by atoms with E-state index in [1.54, 1.807) is 11.3 Å². The number of hydrogen-bond acceptors (Lipinski definition) is 4. The zero-order chi connectivity index (χ0) is 16.7. The van der Waals surface area contributed by atoms with E-state index in [2.05, 4.69) is 40.7 Å². The Balaban J connectivity index is 1.59. The van der Waals surface area contributed by atoms with Crippen LogP contribution in [-0.2, 0) is 4.79 Å². The molecule has 0 saturated carbocycles. The first kappa shape index (κ1) is 14.9. The highest BCUT2D eigenvalue weighted by molar-refractivity contribution is 7.14. The SMILES string of the molecule is Cc1ccc(Nc2nc(-c3ccc4c(c3)[C@H](C)C(=O)N4)cs2)cc1. The third-order valence-electron chi connectivity index (χ3n) is 4.27. The van der Waals surface area contributed by atoms with Crippen molar-refractivity contribution in [3.63, 3.8) is 0 Å². The van der Waals surface area contributed by atoms with Crippen LogP contribution >= 0.6 is 11.3 Å². The summed E-state index contributed by atoms with van der Waals surface area (Å²) in [6.07, 6.45) is 0. The summed E-state index contributed by atoms with van der Waals surface area (Å²) in [5.74, 6) is -0.0501. The Morgan fingerprint density at radius 1 is 1.17 bits per heavy atom. The van der Waals surface area contributed by atoms with Crippen molar-refractivity contribution >= 4 is 33.8 Å². The van der Waals surface area contributed by atoms with Gasteiger partial charge in [0.05, 0.1) is 11.6 Å². The maximum Gasteiger partial charge on any atom is 0.231 e. The second-order valence-electron chi connectivity index (χ2n) is 6.04. The zero-order valence-electron chi connectivity index (χ0n) is 13.5. The second kappa shape index (κ2) is 5.76. The number of carbonyl (C=O) groups is 1. The molecule has 24 heavy (non-hydrogen) atoms. The molecular formula is C19H17N3OS. The summed E-state index contributed by atoms with van der Waals surface area (Å²) in [5.41, 5.74) is 6.16. The van der Waals surface area contributed by atoms with E-state index < -0.39 is 0 Å². The standard InChI is InChI=1S/C19H17N3OS/c1-11-3-6-14(7-4-11)20-19-22-17(10-24-19)13-5-8-16-15(9-13)12(2)18(23)21-16/h3-10,12H,1-2H3,(H,20,22)(H,21,23)/t12-/m0/s1. The van der Waals surface area contributed by atoms with Gasteiger partial charge in [0.15, 0.2) is 5.13 Å². The first-order valence-corrected chi connectivity index (χ1v) is 8.72. The van der Waals surface area contributed by atoms with Gasteiger partial charge in [0.1, 0.15) is 0 Å². The van der Waals surface area contributed by atoms with Gasteiger partial charge in [0.2, 0.25) is 5.91 Å². The largest absolute Gasteiger partial charge is 0.332 e. The molecule has 120 valence electrons. The van der Waals surface area contributed by atoms with Gasteiger partial charge in [0.25, 0.3) is 0 Å². The number of hydrogen-bond donors (Lipinski definition) is 2. The second-order valence-corrected chi connectivity index (χ2v) is 6.90. The Morgan fingerprint density at radius 2 is 1.96 bits per heavy atom. The molecule has 1 amide bonds. The quantitative estimate of drug-likeness (QED) is 0.714. The summed E-state index contributed by atoms with van der Waals surface area (Å²) in [6.45, 7) is 4.00. The van der Waals surface area contributed by atoms with Crippen LogP contribution in [0.1, 0.15) is 24.0 Å². The first-order valence-electron chi connectivity index (χ1n) is 7.84. The molecule has 1 aliphatic rings. The van der Waals surface area contributed by atoms with Gasteiger partial charge >= 0.3 is 0 Å². The number of rotatable bonds is 3. The molecule has 1 atom stereocenters. The topological polar surface area (TPSA) is 54.0 Å². The Labute approximate surface area is 144 Å². The highest BCUT2D eigenvalue weighted by atomic mass is 32.1. The summed E-state index contributed by atoms with van der Waals surface area (Å²) in [5, 5.41) is 9.12. The summed E-state index contributed by atoms with van der Waals surface area (Å²) >= 11 is 1.57. The molecule has 2 aromatic carbocycles. The van der Waals surface area contributed by atoms with E-state index in [1.807, 2.05) is 36.6 Å². The lowest BCUT2D eigenvalue weighted by Crippen LogP contribution is -2.08. The van der Waals surface area contributed by atoms with Crippen LogP contribution in [-0.4, -0.2) is 10.9 Å². The van der Waals surface area contributed by atoms with Crippen molar-refractivity contribution in [2.45, 2.75) is 19.8 Å². The normalized spacial score (nSPS) is 15.9. The fraction of sp³-hybridized carbons (Fsp3) is 0.158. The van der Waals surface area contributed by atoms with E-state index in [1.165, 1.54) is 5.56 Å². The summed E-state index contributed by atoms with van der Waals surface area (Å²) < 4.78 is 0. The molecule has 5 heteroatoms. The Kier molecular flexibility index (Phi) is 3.58. The summed E-state index contributed by atoms with van der Waals surface area (Å²) in [6, 6.07) is 14.3. The van der Waals surface area contributed by atoms with Crippen molar-refractivity contribution in [2.24, 2.45) is 0 Å². The molecule has 1 aromatic heterocycles. The lowest BCUT2D eigenvalue weighted by molar-refractivity contribution is -0.116. The number of aromatic nitrogens is 1. The molecular weight excluding hydrogens is 318 g/mol. The molecule has 0 saturated heterocycles. The Bertz CT molecular complexity index is 915. The van der Waals surface area contributed by atoms with Crippen molar-refractivity contribution < 1.29 is 4.79 Å². The van der Waals surface area contributed by atoms with Crippen LogP contribution in [0, 0.1) is 6.92 Å². The van der Waals surface area contributed by atoms with Gasteiger partial charge < -0.3 is 10.6 Å². The van der Waals surface area contributed by atoms with Gasteiger partial charge in [-0.2, -0.15) is 0 Å². The van der Waals surface area contributed by atoms with Crippen molar-refractivity contribution in [1.29, 1.82) is 0 Å². The molecule has 2 heterocycles. The highest BCUT2D eigenvalue weighted by Gasteiger charge is 2.26. The zero-order valence-corrected chi connectivity index (χ0v) is 14.3. The first-order chi connectivity index (χ1) is 11.6. The predicted octanol–water partition coefficient (Wildman–Crippen LogP) is 4.92. The average molecular weight is 335 g/mol. The number of aryl methyl sites for hydroxylation is 1. The van der Waals surface area contributed by atoms with Gasteiger partial charge in [-0.25, -0.2) is 4.98 Å². The van der Waals surface area contributed by atoms with Gasteiger partial charge in [-0.1, -0.05) is 23.8 Å². The minimum absolute atomic E-state index is 0.0576. The molecule has 0 bridgehead atoms. The number of benzene rings is 2. The Morgan fingerprint density at radius 3 is 2.75 bits per heavy atom. The minimum atomic E-state index is -0.108. The number of fused-ring (bicyclic) bond motifs is 1. The molecule has 2 N–H and O–H groups in total. The van der Waals surface area contributed by atoms with E-state index in [9.17, 15) is 4.79 Å². The molecule has 0 fully saturated rings. The van der Waals surface area contributed by atoms with Gasteiger partial charge in [-0.05, 0) is 43.7 Å². The fourth-order valence-corrected chi connectivity index (χ4v) is 3.54. The van der Waals surface area contributed by atoms with Crippen LogP contribution in [0.4, 0.5) is 16.5 Å². The molecule has 3 aromatic rings. The average Bonchev–Trinajstić information content (AvgIpc) is 3.15. The summed E-state index contributed by atoms with van der Waals surface area (Å²) in [4.78, 5) is 16.4. The molecule has 0 aliphatic carbocycles. The lowest BCUT2D eigenvalue weighted by Gasteiger charge is -2.04. The minimum Gasteiger partial charge on any atom is -0.332 e. The van der Waals surface area contributed by atoms with E-state index >= 15 is 0 Å². The van der Waals surface area contributed by atoms with Gasteiger partial charge in [-0.15, -0.1) is 11.3 Å². The van der Waals surface area contributed by atoms with Crippen molar-refractivity contribution in [3.8, 4) is 11.3 Å². The van der Waals surface area contributed by atoms with E-state index in [4.69, 9.17) is 0 Å². The molecule has 4 rings (SSSR count). The fourth-order valence-electron chi connectivity index (χ4n) is 2.80. The van der Waals surface area contributed by atoms with Gasteiger partial charge in [0, 0.05) is 22.3 Å². The third-order valence-corrected chi connectivity index (χ3v) is 5.03. The molecule has 1 aliphatic heterocycles. The van der Waals surface area contributed by atoms with Crippen LogP contribution in [0.15, 0.2) is 47.8 Å². The Hall–Kier alpha value is -2.66. The number of amides is 1. The van der Waals surface area contributed by atoms with Gasteiger partial charge in [-0.3, -0.25) is 4.79 Å². The molecule has 0 radical (unpaired) electrons. The monoisotopic (exact) mass is 335 g/mol. The number of nitrogens with one attached hydrogen (secondary N) is 2. The maximum atomic E-state index is 11.8. The van der Waals surface area contributed by atoms with Crippen LogP contribution in [0.5, 0.6) is 0 Å². The molecule has 0 unspecified atom stereocenters. The smallest absolute Gasteiger partial charge is 0.231 e. The highest BCUT2D eigenvalue weighted by Crippen LogP contribution is 2.36. The van der Waals surface area contributed by atoms with Crippen molar-refractivity contribution in [2.75, 3.05) is 10.6 Å². The number of thiazole rings is 1. The van der Waals surface area contributed by atoms with Crippen molar-refractivity contribution in [1.82, 2.24) is 4.98 Å². The van der Waals surface area contributed by atoms with Crippen LogP contribution in [0.2, 0.25) is 0 Å². The molecule has 0 spiro atoms. The van der Waals surface area contributed by atoms with E-state index in [0.29, 0.717) is 0 Å². The van der Waals surface area contributed by atoms with Crippen LogP contribution in [0.25, 0.3) is 11.3 Å². The van der Waals surface area contributed by atoms with Crippen LogP contribution < -0.4 is 10.6 Å². The molecule has 4 nitrogen and oxygen atoms in total. The van der Waals surface area contributed by atoms with E-state index in [-0.39, 0.29) is 11.8 Å². The number of carbonyl (C=O) groups excluding carboxylic acids is 1. The lowest BCUT2D eigenvalue weighted by atomic mass is 10.00. The van der Waals surface area contributed by atoms with Crippen LogP contribution in [0.3, 0.4) is 0 Å². The van der Waals surface area contributed by atoms with E-state index in [0.717, 1.165) is 33.3 Å².